The van der Waals surface area contributed by atoms with Crippen LogP contribution in [0.1, 0.15) is 10.4 Å². The Hall–Kier alpha value is -2.35. The minimum atomic E-state index is -0.411. The van der Waals surface area contributed by atoms with E-state index in [4.69, 9.17) is 5.26 Å². The standard InChI is InChI=1S/C13H12N2O3/c1-18-13(17)9-2-4-11(5-3-9)15-7-10(8-16)12(15)6-14/h2-5,8,10,12H,7H2,1H3. The topological polar surface area (TPSA) is 70.4 Å². The number of methoxy groups -OCH3 is 1. The summed E-state index contributed by atoms with van der Waals surface area (Å²) in [4.78, 5) is 23.8. The first-order chi connectivity index (χ1) is 8.71. The molecule has 1 saturated heterocycles. The van der Waals surface area contributed by atoms with Crippen LogP contribution in [0.2, 0.25) is 0 Å². The molecule has 1 aromatic rings. The molecule has 0 aromatic heterocycles. The van der Waals surface area contributed by atoms with E-state index in [1.54, 1.807) is 24.3 Å². The number of benzene rings is 1. The molecule has 0 N–H and O–H groups in total. The van der Waals surface area contributed by atoms with Crippen molar-refractivity contribution in [1.29, 1.82) is 5.26 Å². The average molecular weight is 244 g/mol. The average Bonchev–Trinajstić information content (AvgIpc) is 2.38. The van der Waals surface area contributed by atoms with Gasteiger partial charge in [0.15, 0.2) is 0 Å². The number of ether oxygens (including phenoxy) is 1. The lowest BCUT2D eigenvalue weighted by atomic mass is 9.90. The smallest absolute Gasteiger partial charge is 0.337 e. The van der Waals surface area contributed by atoms with Gasteiger partial charge in [0.25, 0.3) is 0 Å². The van der Waals surface area contributed by atoms with Crippen LogP contribution >= 0.6 is 0 Å². The number of nitrogens with zero attached hydrogens (tertiary/aromatic N) is 2. The van der Waals surface area contributed by atoms with Gasteiger partial charge in [-0.15, -0.1) is 0 Å². The highest BCUT2D eigenvalue weighted by molar-refractivity contribution is 5.89. The van der Waals surface area contributed by atoms with E-state index in [1.165, 1.54) is 7.11 Å². The summed E-state index contributed by atoms with van der Waals surface area (Å²) in [6.07, 6.45) is 0.813. The summed E-state index contributed by atoms with van der Waals surface area (Å²) in [5, 5.41) is 8.98. The number of esters is 1. The van der Waals surface area contributed by atoms with Crippen LogP contribution < -0.4 is 4.90 Å². The number of carbonyl (C=O) groups is 2. The summed E-state index contributed by atoms with van der Waals surface area (Å²) in [6, 6.07) is 8.47. The van der Waals surface area contributed by atoms with Crippen LogP contribution in [0.25, 0.3) is 0 Å². The van der Waals surface area contributed by atoms with Crippen molar-refractivity contribution < 1.29 is 14.3 Å². The summed E-state index contributed by atoms with van der Waals surface area (Å²) in [5.41, 5.74) is 1.29. The van der Waals surface area contributed by atoms with Crippen molar-refractivity contribution >= 4 is 17.9 Å². The van der Waals surface area contributed by atoms with Gasteiger partial charge in [0, 0.05) is 12.2 Å². The monoisotopic (exact) mass is 244 g/mol. The molecule has 18 heavy (non-hydrogen) atoms. The molecule has 1 aliphatic heterocycles. The number of aldehydes is 1. The van der Waals surface area contributed by atoms with Crippen LogP contribution in [0.5, 0.6) is 0 Å². The Bertz CT molecular complexity index is 504. The number of anilines is 1. The van der Waals surface area contributed by atoms with Crippen LogP contribution in [0.4, 0.5) is 5.69 Å². The largest absolute Gasteiger partial charge is 0.465 e. The van der Waals surface area contributed by atoms with Gasteiger partial charge in [-0.1, -0.05) is 0 Å². The second-order valence-electron chi connectivity index (χ2n) is 4.06. The quantitative estimate of drug-likeness (QED) is 0.586. The zero-order chi connectivity index (χ0) is 13.1. The molecule has 1 aromatic carbocycles. The minimum absolute atomic E-state index is 0.227. The van der Waals surface area contributed by atoms with E-state index in [1.807, 2.05) is 4.90 Å². The van der Waals surface area contributed by atoms with Crippen LogP contribution in [0, 0.1) is 17.2 Å². The summed E-state index contributed by atoms with van der Waals surface area (Å²) in [7, 11) is 1.33. The van der Waals surface area contributed by atoms with Gasteiger partial charge in [-0.25, -0.2) is 4.79 Å². The van der Waals surface area contributed by atoms with Crippen molar-refractivity contribution in [3.8, 4) is 6.07 Å². The molecule has 5 heteroatoms. The highest BCUT2D eigenvalue weighted by atomic mass is 16.5. The molecule has 0 aliphatic carbocycles. The molecule has 0 saturated carbocycles. The molecule has 1 aliphatic rings. The molecule has 2 atom stereocenters. The highest BCUT2D eigenvalue weighted by Gasteiger charge is 2.38. The summed E-state index contributed by atoms with van der Waals surface area (Å²) in [5.74, 6) is -0.622. The van der Waals surface area contributed by atoms with Crippen molar-refractivity contribution in [1.82, 2.24) is 0 Å². The Kier molecular flexibility index (Phi) is 3.28. The van der Waals surface area contributed by atoms with Gasteiger partial charge in [-0.05, 0) is 24.3 Å². The molecule has 0 amide bonds. The second kappa shape index (κ2) is 4.88. The molecule has 92 valence electrons. The SMILES string of the molecule is COC(=O)c1ccc(N2CC(C=O)C2C#N)cc1. The van der Waals surface area contributed by atoms with Gasteiger partial charge in [0.05, 0.1) is 24.7 Å². The molecule has 1 fully saturated rings. The van der Waals surface area contributed by atoms with Gasteiger partial charge in [0.1, 0.15) is 12.3 Å². The van der Waals surface area contributed by atoms with Crippen LogP contribution in [0.3, 0.4) is 0 Å². The van der Waals surface area contributed by atoms with Gasteiger partial charge < -0.3 is 14.4 Å². The Morgan fingerprint density at radius 3 is 2.67 bits per heavy atom. The molecule has 0 radical (unpaired) electrons. The van der Waals surface area contributed by atoms with Crippen molar-refractivity contribution in [2.45, 2.75) is 6.04 Å². The van der Waals surface area contributed by atoms with E-state index in [0.29, 0.717) is 12.1 Å². The molecular formula is C13H12N2O3. The number of carbonyl (C=O) groups excluding carboxylic acids is 2. The Morgan fingerprint density at radius 1 is 1.50 bits per heavy atom. The van der Waals surface area contributed by atoms with E-state index in [0.717, 1.165) is 12.0 Å². The van der Waals surface area contributed by atoms with Gasteiger partial charge in [0.2, 0.25) is 0 Å². The lowest BCUT2D eigenvalue weighted by molar-refractivity contribution is -0.112. The minimum Gasteiger partial charge on any atom is -0.465 e. The van der Waals surface area contributed by atoms with Crippen molar-refractivity contribution in [3.63, 3.8) is 0 Å². The first-order valence-corrected chi connectivity index (χ1v) is 5.51. The third kappa shape index (κ3) is 1.93. The Labute approximate surface area is 105 Å². The lowest BCUT2D eigenvalue weighted by Gasteiger charge is -2.43. The van der Waals surface area contributed by atoms with E-state index in [2.05, 4.69) is 10.8 Å². The van der Waals surface area contributed by atoms with Crippen molar-refractivity contribution in [3.05, 3.63) is 29.8 Å². The van der Waals surface area contributed by atoms with Gasteiger partial charge in [-0.2, -0.15) is 5.26 Å². The number of rotatable bonds is 3. The van der Waals surface area contributed by atoms with E-state index in [9.17, 15) is 9.59 Å². The maximum atomic E-state index is 11.3. The Morgan fingerprint density at radius 2 is 2.17 bits per heavy atom. The fourth-order valence-electron chi connectivity index (χ4n) is 1.99. The van der Waals surface area contributed by atoms with Gasteiger partial charge >= 0.3 is 5.97 Å². The van der Waals surface area contributed by atoms with Crippen LogP contribution in [-0.4, -0.2) is 32.0 Å². The summed E-state index contributed by atoms with van der Waals surface area (Å²) >= 11 is 0. The molecule has 1 heterocycles. The van der Waals surface area contributed by atoms with E-state index < -0.39 is 12.0 Å². The lowest BCUT2D eigenvalue weighted by Crippen LogP contribution is -2.56. The molecular weight excluding hydrogens is 232 g/mol. The zero-order valence-corrected chi connectivity index (χ0v) is 9.87. The predicted molar refractivity (Wildman–Crippen MR) is 64.1 cm³/mol. The number of hydrogen-bond acceptors (Lipinski definition) is 5. The number of nitriles is 1. The predicted octanol–water partition coefficient (Wildman–Crippen LogP) is 1.00. The first-order valence-electron chi connectivity index (χ1n) is 5.51. The van der Waals surface area contributed by atoms with E-state index >= 15 is 0 Å². The fourth-order valence-corrected chi connectivity index (χ4v) is 1.99. The van der Waals surface area contributed by atoms with Crippen molar-refractivity contribution in [2.24, 2.45) is 5.92 Å². The molecule has 5 nitrogen and oxygen atoms in total. The maximum absolute atomic E-state index is 11.3. The van der Waals surface area contributed by atoms with E-state index in [-0.39, 0.29) is 5.92 Å². The first kappa shape index (κ1) is 12.1. The summed E-state index contributed by atoms with van der Waals surface area (Å²) in [6.45, 7) is 0.541. The Balaban J connectivity index is 2.14. The maximum Gasteiger partial charge on any atom is 0.337 e. The van der Waals surface area contributed by atoms with Crippen LogP contribution in [0.15, 0.2) is 24.3 Å². The molecule has 2 unspecified atom stereocenters. The summed E-state index contributed by atoms with van der Waals surface area (Å²) < 4.78 is 4.60. The molecule has 2 rings (SSSR count). The third-order valence-corrected chi connectivity index (χ3v) is 3.08. The normalized spacial score (nSPS) is 21.7. The molecule has 0 spiro atoms. The molecule has 0 bridgehead atoms. The van der Waals surface area contributed by atoms with Crippen molar-refractivity contribution in [2.75, 3.05) is 18.6 Å². The second-order valence-corrected chi connectivity index (χ2v) is 4.06. The zero-order valence-electron chi connectivity index (χ0n) is 9.87. The van der Waals surface area contributed by atoms with Crippen LogP contribution in [-0.2, 0) is 9.53 Å². The third-order valence-electron chi connectivity index (χ3n) is 3.08. The fraction of sp³-hybridized carbons (Fsp3) is 0.308. The highest BCUT2D eigenvalue weighted by Crippen LogP contribution is 2.29. The number of hydrogen-bond donors (Lipinski definition) is 0. The van der Waals surface area contributed by atoms with Gasteiger partial charge in [-0.3, -0.25) is 0 Å².